The lowest BCUT2D eigenvalue weighted by atomic mass is 10.2. The largest absolute Gasteiger partial charge is 0.376 e. The van der Waals surface area contributed by atoms with Crippen molar-refractivity contribution in [3.05, 3.63) is 17.6 Å². The molecule has 17 heavy (non-hydrogen) atoms. The molecule has 0 aromatic carbocycles. The Morgan fingerprint density at radius 2 is 2.35 bits per heavy atom. The molecule has 2 heterocycles. The van der Waals surface area contributed by atoms with E-state index in [-0.39, 0.29) is 0 Å². The second kappa shape index (κ2) is 5.45. The van der Waals surface area contributed by atoms with Gasteiger partial charge >= 0.3 is 0 Å². The molecule has 1 saturated heterocycles. The van der Waals surface area contributed by atoms with Crippen molar-refractivity contribution in [2.24, 2.45) is 0 Å². The second-order valence-corrected chi connectivity index (χ2v) is 4.64. The van der Waals surface area contributed by atoms with Crippen molar-refractivity contribution < 1.29 is 4.74 Å². The molecule has 4 nitrogen and oxygen atoms in total. The second-order valence-electron chi connectivity index (χ2n) is 4.64. The molecule has 0 radical (unpaired) electrons. The lowest BCUT2D eigenvalue weighted by Gasteiger charge is -2.23. The summed E-state index contributed by atoms with van der Waals surface area (Å²) in [6.07, 6.45) is 5.60. The number of hydrogen-bond donors (Lipinski definition) is 0. The van der Waals surface area contributed by atoms with Crippen molar-refractivity contribution >= 4 is 5.82 Å². The lowest BCUT2D eigenvalue weighted by molar-refractivity contribution is 0.116. The number of rotatable bonds is 4. The van der Waals surface area contributed by atoms with E-state index in [1.165, 1.54) is 12.0 Å². The summed E-state index contributed by atoms with van der Waals surface area (Å²) in [7, 11) is 2.09. The first-order valence-electron chi connectivity index (χ1n) is 6.36. The SMILES string of the molecule is CCc1cnc(C)nc1N(C)C[C@H]1CCCO1. The molecule has 1 aromatic heterocycles. The fraction of sp³-hybridized carbons (Fsp3) is 0.692. The molecule has 0 amide bonds. The van der Waals surface area contributed by atoms with Gasteiger partial charge in [-0.2, -0.15) is 0 Å². The van der Waals surface area contributed by atoms with E-state index < -0.39 is 0 Å². The Kier molecular flexibility index (Phi) is 3.94. The van der Waals surface area contributed by atoms with Crippen LogP contribution in [0.1, 0.15) is 31.2 Å². The highest BCUT2D eigenvalue weighted by atomic mass is 16.5. The summed E-state index contributed by atoms with van der Waals surface area (Å²) in [5.41, 5.74) is 1.20. The Balaban J connectivity index is 2.11. The fourth-order valence-electron chi connectivity index (χ4n) is 2.24. The van der Waals surface area contributed by atoms with Crippen molar-refractivity contribution in [1.29, 1.82) is 0 Å². The number of anilines is 1. The van der Waals surface area contributed by atoms with Gasteiger partial charge in [-0.15, -0.1) is 0 Å². The van der Waals surface area contributed by atoms with Crippen LogP contribution in [0.4, 0.5) is 5.82 Å². The number of aromatic nitrogens is 2. The maximum Gasteiger partial charge on any atom is 0.135 e. The van der Waals surface area contributed by atoms with Gasteiger partial charge in [0.05, 0.1) is 6.10 Å². The summed E-state index contributed by atoms with van der Waals surface area (Å²) in [6, 6.07) is 0. The Morgan fingerprint density at radius 3 is 3.00 bits per heavy atom. The van der Waals surface area contributed by atoms with Crippen molar-refractivity contribution in [1.82, 2.24) is 9.97 Å². The molecule has 0 unspecified atom stereocenters. The van der Waals surface area contributed by atoms with Crippen LogP contribution in [0.3, 0.4) is 0 Å². The van der Waals surface area contributed by atoms with Gasteiger partial charge in [0.2, 0.25) is 0 Å². The monoisotopic (exact) mass is 235 g/mol. The first kappa shape index (κ1) is 12.3. The molecule has 1 fully saturated rings. The van der Waals surface area contributed by atoms with Crippen LogP contribution in [-0.4, -0.2) is 36.3 Å². The number of hydrogen-bond acceptors (Lipinski definition) is 4. The zero-order valence-electron chi connectivity index (χ0n) is 10.9. The van der Waals surface area contributed by atoms with E-state index in [1.807, 2.05) is 13.1 Å². The summed E-state index contributed by atoms with van der Waals surface area (Å²) in [5.74, 6) is 1.88. The van der Waals surface area contributed by atoms with Crippen molar-refractivity contribution in [2.75, 3.05) is 25.1 Å². The summed E-state index contributed by atoms with van der Waals surface area (Å²) in [4.78, 5) is 11.0. The van der Waals surface area contributed by atoms with Crippen molar-refractivity contribution in [3.8, 4) is 0 Å². The highest BCUT2D eigenvalue weighted by Crippen LogP contribution is 2.20. The molecule has 0 bridgehead atoms. The molecule has 0 N–H and O–H groups in total. The van der Waals surface area contributed by atoms with E-state index in [0.717, 1.165) is 37.6 Å². The minimum Gasteiger partial charge on any atom is -0.376 e. The third-order valence-electron chi connectivity index (χ3n) is 3.21. The molecule has 1 aliphatic heterocycles. The zero-order valence-corrected chi connectivity index (χ0v) is 10.9. The van der Waals surface area contributed by atoms with Crippen molar-refractivity contribution in [3.63, 3.8) is 0 Å². The van der Waals surface area contributed by atoms with Gasteiger partial charge in [0, 0.05) is 32.0 Å². The van der Waals surface area contributed by atoms with Gasteiger partial charge in [0.1, 0.15) is 11.6 Å². The lowest BCUT2D eigenvalue weighted by Crippen LogP contribution is -2.30. The molecule has 2 rings (SSSR count). The topological polar surface area (TPSA) is 38.2 Å². The molecule has 4 heteroatoms. The number of ether oxygens (including phenoxy) is 1. The number of nitrogens with zero attached hydrogens (tertiary/aromatic N) is 3. The predicted molar refractivity (Wildman–Crippen MR) is 68.4 cm³/mol. The van der Waals surface area contributed by atoms with Crippen LogP contribution in [0.5, 0.6) is 0 Å². The van der Waals surface area contributed by atoms with Gasteiger partial charge in [0.15, 0.2) is 0 Å². The Labute approximate surface area is 103 Å². The molecule has 0 spiro atoms. The van der Waals surface area contributed by atoms with E-state index >= 15 is 0 Å². The molecule has 0 saturated carbocycles. The highest BCUT2D eigenvalue weighted by molar-refractivity contribution is 5.45. The fourth-order valence-corrected chi connectivity index (χ4v) is 2.24. The Morgan fingerprint density at radius 1 is 1.53 bits per heavy atom. The van der Waals surface area contributed by atoms with E-state index in [1.54, 1.807) is 0 Å². The van der Waals surface area contributed by atoms with Crippen LogP contribution >= 0.6 is 0 Å². The van der Waals surface area contributed by atoms with Crippen molar-refractivity contribution in [2.45, 2.75) is 39.2 Å². The minimum atomic E-state index is 0.361. The van der Waals surface area contributed by atoms with E-state index in [9.17, 15) is 0 Å². The molecular weight excluding hydrogens is 214 g/mol. The first-order valence-corrected chi connectivity index (χ1v) is 6.36. The van der Waals surface area contributed by atoms with E-state index in [4.69, 9.17) is 4.74 Å². The van der Waals surface area contributed by atoms with Gasteiger partial charge in [0.25, 0.3) is 0 Å². The third kappa shape index (κ3) is 2.94. The highest BCUT2D eigenvalue weighted by Gasteiger charge is 2.19. The molecule has 1 aliphatic rings. The average Bonchev–Trinajstić information content (AvgIpc) is 2.81. The van der Waals surface area contributed by atoms with Crippen LogP contribution in [0.25, 0.3) is 0 Å². The normalized spacial score (nSPS) is 19.6. The number of aryl methyl sites for hydroxylation is 2. The molecule has 0 aliphatic carbocycles. The van der Waals surface area contributed by atoms with Crippen LogP contribution in [-0.2, 0) is 11.2 Å². The minimum absolute atomic E-state index is 0.361. The van der Waals surface area contributed by atoms with Gasteiger partial charge in [-0.1, -0.05) is 6.92 Å². The van der Waals surface area contributed by atoms with Gasteiger partial charge in [-0.05, 0) is 26.2 Å². The molecular formula is C13H21N3O. The quantitative estimate of drug-likeness (QED) is 0.799. The van der Waals surface area contributed by atoms with Crippen LogP contribution in [0.15, 0.2) is 6.20 Å². The van der Waals surface area contributed by atoms with E-state index in [2.05, 4.69) is 28.8 Å². The Bertz CT molecular complexity index is 375. The smallest absolute Gasteiger partial charge is 0.135 e. The average molecular weight is 235 g/mol. The summed E-state index contributed by atoms with van der Waals surface area (Å²) >= 11 is 0. The third-order valence-corrected chi connectivity index (χ3v) is 3.21. The molecule has 1 atom stereocenters. The maximum atomic E-state index is 5.66. The number of likely N-dealkylation sites (N-methyl/N-ethyl adjacent to an activating group) is 1. The summed E-state index contributed by atoms with van der Waals surface area (Å²) in [5, 5.41) is 0. The van der Waals surface area contributed by atoms with Crippen LogP contribution in [0.2, 0.25) is 0 Å². The first-order chi connectivity index (χ1) is 8.20. The van der Waals surface area contributed by atoms with Crippen LogP contribution in [0, 0.1) is 6.92 Å². The standard InChI is InChI=1S/C13H21N3O/c1-4-11-8-14-10(2)15-13(11)16(3)9-12-6-5-7-17-12/h8,12H,4-7,9H2,1-3H3/t12-/m1/s1. The predicted octanol–water partition coefficient (Wildman–Crippen LogP) is 1.96. The van der Waals surface area contributed by atoms with Crippen LogP contribution < -0.4 is 4.90 Å². The van der Waals surface area contributed by atoms with E-state index in [0.29, 0.717) is 6.10 Å². The van der Waals surface area contributed by atoms with Gasteiger partial charge < -0.3 is 9.64 Å². The molecule has 94 valence electrons. The summed E-state index contributed by atoms with van der Waals surface area (Å²) in [6.45, 7) is 5.89. The molecule has 1 aromatic rings. The zero-order chi connectivity index (χ0) is 12.3. The Hall–Kier alpha value is -1.16. The van der Waals surface area contributed by atoms with Gasteiger partial charge in [-0.3, -0.25) is 0 Å². The van der Waals surface area contributed by atoms with Gasteiger partial charge in [-0.25, -0.2) is 9.97 Å². The maximum absolute atomic E-state index is 5.66. The summed E-state index contributed by atoms with van der Waals surface area (Å²) < 4.78 is 5.66.